The van der Waals surface area contributed by atoms with Crippen LogP contribution in [0.5, 0.6) is 0 Å². The number of benzene rings is 1. The minimum absolute atomic E-state index is 0.00137. The minimum Gasteiger partial charge on any atom is -0.335 e. The van der Waals surface area contributed by atoms with Gasteiger partial charge in [0.25, 0.3) is 10.0 Å². The Morgan fingerprint density at radius 3 is 2.43 bits per heavy atom. The third-order valence-corrected chi connectivity index (χ3v) is 6.70. The van der Waals surface area contributed by atoms with Gasteiger partial charge in [0.1, 0.15) is 0 Å². The molecule has 0 radical (unpaired) electrons. The zero-order valence-corrected chi connectivity index (χ0v) is 14.4. The van der Waals surface area contributed by atoms with Crippen molar-refractivity contribution in [2.45, 2.75) is 50.5 Å². The van der Waals surface area contributed by atoms with E-state index in [1.807, 2.05) is 13.8 Å². The lowest BCUT2D eigenvalue weighted by atomic mass is 9.84. The molecule has 0 unspecified atom stereocenters. The lowest BCUT2D eigenvalue weighted by molar-refractivity contribution is 0.224. The van der Waals surface area contributed by atoms with E-state index in [4.69, 9.17) is 0 Å². The fourth-order valence-electron chi connectivity index (χ4n) is 4.15. The van der Waals surface area contributed by atoms with Gasteiger partial charge in [-0.2, -0.15) is 0 Å². The zero-order chi connectivity index (χ0) is 16.6. The first kappa shape index (κ1) is 16.3. The quantitative estimate of drug-likeness (QED) is 0.888. The summed E-state index contributed by atoms with van der Waals surface area (Å²) in [5.74, 6) is 1.96. The number of rotatable bonds is 4. The molecule has 2 N–H and O–H groups in total. The molecule has 1 aromatic carbocycles. The summed E-state index contributed by atoms with van der Waals surface area (Å²) in [6, 6.07) is 5.79. The smallest absolute Gasteiger partial charge is 0.328 e. The van der Waals surface area contributed by atoms with Crippen molar-refractivity contribution in [3.05, 3.63) is 29.8 Å². The molecule has 2 aliphatic rings. The maximum absolute atomic E-state index is 12.2. The predicted molar refractivity (Wildman–Crippen MR) is 88.4 cm³/mol. The number of carbonyl (C=O) groups excluding carboxylic acids is 1. The SMILES string of the molecule is Cc1ccc(S(=O)(=O)NC(=O)N[C@@H](C)[C@@H]2C[C@H]3CC[C@H]2C3)cc1. The third-order valence-electron chi connectivity index (χ3n) is 5.35. The highest BCUT2D eigenvalue weighted by molar-refractivity contribution is 7.90. The summed E-state index contributed by atoms with van der Waals surface area (Å²) in [4.78, 5) is 12.2. The Bertz CT molecular complexity index is 684. The van der Waals surface area contributed by atoms with E-state index in [0.717, 1.165) is 17.9 Å². The zero-order valence-electron chi connectivity index (χ0n) is 13.6. The Balaban J connectivity index is 1.59. The number of fused-ring (bicyclic) bond motifs is 2. The Labute approximate surface area is 137 Å². The van der Waals surface area contributed by atoms with Gasteiger partial charge in [0.2, 0.25) is 0 Å². The number of hydrogen-bond acceptors (Lipinski definition) is 3. The van der Waals surface area contributed by atoms with Gasteiger partial charge in [0.15, 0.2) is 0 Å². The molecule has 4 atom stereocenters. The van der Waals surface area contributed by atoms with E-state index >= 15 is 0 Å². The molecule has 2 saturated carbocycles. The lowest BCUT2D eigenvalue weighted by Gasteiger charge is -2.28. The summed E-state index contributed by atoms with van der Waals surface area (Å²) in [6.45, 7) is 3.86. The van der Waals surface area contributed by atoms with Gasteiger partial charge < -0.3 is 5.32 Å². The maximum Gasteiger partial charge on any atom is 0.328 e. The molecule has 0 saturated heterocycles. The van der Waals surface area contributed by atoms with Gasteiger partial charge in [0, 0.05) is 6.04 Å². The average Bonchev–Trinajstić information content (AvgIpc) is 3.09. The van der Waals surface area contributed by atoms with E-state index in [-0.39, 0.29) is 10.9 Å². The second kappa shape index (κ2) is 6.15. The molecular formula is C17H24N2O3S. The van der Waals surface area contributed by atoms with Crippen LogP contribution >= 0.6 is 0 Å². The van der Waals surface area contributed by atoms with Crippen molar-refractivity contribution in [2.24, 2.45) is 17.8 Å². The van der Waals surface area contributed by atoms with Crippen LogP contribution in [0.3, 0.4) is 0 Å². The Kier molecular flexibility index (Phi) is 4.36. The number of nitrogens with one attached hydrogen (secondary N) is 2. The van der Waals surface area contributed by atoms with Crippen molar-refractivity contribution in [3.8, 4) is 0 Å². The van der Waals surface area contributed by atoms with E-state index < -0.39 is 16.1 Å². The summed E-state index contributed by atoms with van der Waals surface area (Å²) in [7, 11) is -3.82. The van der Waals surface area contributed by atoms with Gasteiger partial charge in [-0.1, -0.05) is 24.1 Å². The average molecular weight is 336 g/mol. The van der Waals surface area contributed by atoms with Crippen LogP contribution in [0.4, 0.5) is 4.79 Å². The van der Waals surface area contributed by atoms with Gasteiger partial charge in [-0.3, -0.25) is 0 Å². The molecular weight excluding hydrogens is 312 g/mol. The first-order valence-corrected chi connectivity index (χ1v) is 9.73. The predicted octanol–water partition coefficient (Wildman–Crippen LogP) is 2.81. The molecule has 3 rings (SSSR count). The first-order chi connectivity index (χ1) is 10.8. The largest absolute Gasteiger partial charge is 0.335 e. The Hall–Kier alpha value is -1.56. The van der Waals surface area contributed by atoms with Crippen molar-refractivity contribution in [3.63, 3.8) is 0 Å². The van der Waals surface area contributed by atoms with Crippen LogP contribution in [0, 0.1) is 24.7 Å². The maximum atomic E-state index is 12.2. The molecule has 0 aromatic heterocycles. The van der Waals surface area contributed by atoms with Gasteiger partial charge in [0.05, 0.1) is 4.90 Å². The van der Waals surface area contributed by atoms with Crippen molar-refractivity contribution in [1.82, 2.24) is 10.0 Å². The Morgan fingerprint density at radius 2 is 1.87 bits per heavy atom. The first-order valence-electron chi connectivity index (χ1n) is 8.25. The van der Waals surface area contributed by atoms with Crippen LogP contribution in [0.25, 0.3) is 0 Å². The van der Waals surface area contributed by atoms with E-state index in [1.165, 1.54) is 31.4 Å². The van der Waals surface area contributed by atoms with E-state index in [0.29, 0.717) is 11.8 Å². The molecule has 0 aliphatic heterocycles. The Morgan fingerprint density at radius 1 is 1.17 bits per heavy atom. The number of aryl methyl sites for hydroxylation is 1. The van der Waals surface area contributed by atoms with E-state index in [9.17, 15) is 13.2 Å². The highest BCUT2D eigenvalue weighted by atomic mass is 32.2. The molecule has 126 valence electrons. The van der Waals surface area contributed by atoms with E-state index in [2.05, 4.69) is 10.0 Å². The molecule has 6 heteroatoms. The van der Waals surface area contributed by atoms with Gasteiger partial charge in [-0.25, -0.2) is 17.9 Å². The van der Waals surface area contributed by atoms with Gasteiger partial charge in [-0.15, -0.1) is 0 Å². The number of urea groups is 1. The number of amides is 2. The molecule has 2 amide bonds. The van der Waals surface area contributed by atoms with Crippen LogP contribution in [0.15, 0.2) is 29.2 Å². The van der Waals surface area contributed by atoms with Crippen LogP contribution in [-0.4, -0.2) is 20.5 Å². The molecule has 0 heterocycles. The topological polar surface area (TPSA) is 75.3 Å². The molecule has 5 nitrogen and oxygen atoms in total. The highest BCUT2D eigenvalue weighted by Gasteiger charge is 2.42. The molecule has 2 bridgehead atoms. The number of carbonyl (C=O) groups is 1. The van der Waals surface area contributed by atoms with Crippen LogP contribution in [0.1, 0.15) is 38.2 Å². The third kappa shape index (κ3) is 3.52. The molecule has 2 aliphatic carbocycles. The second-order valence-corrected chi connectivity index (χ2v) is 8.70. The van der Waals surface area contributed by atoms with Crippen molar-refractivity contribution < 1.29 is 13.2 Å². The van der Waals surface area contributed by atoms with Crippen LogP contribution in [0.2, 0.25) is 0 Å². The van der Waals surface area contributed by atoms with Crippen LogP contribution < -0.4 is 10.0 Å². The number of sulfonamides is 1. The van der Waals surface area contributed by atoms with Crippen LogP contribution in [-0.2, 0) is 10.0 Å². The van der Waals surface area contributed by atoms with Gasteiger partial charge in [-0.05, 0) is 63.0 Å². The molecule has 2 fully saturated rings. The minimum atomic E-state index is -3.82. The second-order valence-electron chi connectivity index (χ2n) is 7.02. The molecule has 0 spiro atoms. The highest BCUT2D eigenvalue weighted by Crippen LogP contribution is 2.49. The van der Waals surface area contributed by atoms with Crippen molar-refractivity contribution >= 4 is 16.1 Å². The molecule has 23 heavy (non-hydrogen) atoms. The molecule has 1 aromatic rings. The summed E-state index contributed by atoms with van der Waals surface area (Å²) in [5.41, 5.74) is 0.971. The summed E-state index contributed by atoms with van der Waals surface area (Å²) in [6.07, 6.45) is 4.96. The number of hydrogen-bond donors (Lipinski definition) is 2. The van der Waals surface area contributed by atoms with E-state index in [1.54, 1.807) is 12.1 Å². The summed E-state index contributed by atoms with van der Waals surface area (Å²) < 4.78 is 26.5. The monoisotopic (exact) mass is 336 g/mol. The fraction of sp³-hybridized carbons (Fsp3) is 0.588. The fourth-order valence-corrected chi connectivity index (χ4v) is 5.06. The van der Waals surface area contributed by atoms with Crippen molar-refractivity contribution in [2.75, 3.05) is 0 Å². The van der Waals surface area contributed by atoms with Gasteiger partial charge >= 0.3 is 6.03 Å². The van der Waals surface area contributed by atoms with Crippen molar-refractivity contribution in [1.29, 1.82) is 0 Å². The lowest BCUT2D eigenvalue weighted by Crippen LogP contribution is -2.46. The summed E-state index contributed by atoms with van der Waals surface area (Å²) >= 11 is 0. The standard InChI is InChI=1S/C17H24N2O3S/c1-11-3-7-15(8-4-11)23(21,22)19-17(20)18-12(2)16-10-13-5-6-14(16)9-13/h3-4,7-8,12-14,16H,5-6,9-10H2,1-2H3,(H2,18,19,20)/t12-,13-,14-,16-/m0/s1. The summed E-state index contributed by atoms with van der Waals surface area (Å²) in [5, 5.41) is 2.81. The normalized spacial score (nSPS) is 27.7.